The highest BCUT2D eigenvalue weighted by atomic mass is 16.5. The van der Waals surface area contributed by atoms with Crippen LogP contribution in [0.3, 0.4) is 0 Å². The number of aryl methyl sites for hydroxylation is 2. The summed E-state index contributed by atoms with van der Waals surface area (Å²) in [5, 5.41) is 0. The van der Waals surface area contributed by atoms with Crippen LogP contribution >= 0.6 is 0 Å². The number of hydrogen-bond donors (Lipinski definition) is 0. The molecule has 0 heterocycles. The largest absolute Gasteiger partial charge is 0.496 e. The lowest BCUT2D eigenvalue weighted by atomic mass is 9.86. The van der Waals surface area contributed by atoms with Crippen molar-refractivity contribution in [3.05, 3.63) is 64.7 Å². The van der Waals surface area contributed by atoms with E-state index in [0.717, 1.165) is 22.4 Å². The quantitative estimate of drug-likeness (QED) is 0.435. The molecule has 0 aliphatic carbocycles. The van der Waals surface area contributed by atoms with E-state index < -0.39 is 5.97 Å². The van der Waals surface area contributed by atoms with Crippen LogP contribution in [0.2, 0.25) is 0 Å². The molecule has 0 N–H and O–H groups in total. The van der Waals surface area contributed by atoms with Gasteiger partial charge >= 0.3 is 5.97 Å². The molecule has 132 valence electrons. The normalized spacial score (nSPS) is 11.6. The number of benzene rings is 2. The highest BCUT2D eigenvalue weighted by Crippen LogP contribution is 2.28. The minimum atomic E-state index is -0.407. The van der Waals surface area contributed by atoms with E-state index in [9.17, 15) is 4.79 Å². The average molecular weight is 338 g/mol. The van der Waals surface area contributed by atoms with E-state index in [4.69, 9.17) is 9.47 Å². The summed E-state index contributed by atoms with van der Waals surface area (Å²) in [6, 6.07) is 11.7. The lowest BCUT2D eigenvalue weighted by molar-refractivity contribution is -0.128. The van der Waals surface area contributed by atoms with Gasteiger partial charge in [0.15, 0.2) is 0 Å². The third kappa shape index (κ3) is 4.96. The molecule has 0 saturated carbocycles. The van der Waals surface area contributed by atoms with Gasteiger partial charge in [-0.15, -0.1) is 0 Å². The Morgan fingerprint density at radius 1 is 1.00 bits per heavy atom. The second kappa shape index (κ2) is 7.56. The number of ether oxygens (including phenoxy) is 2. The first-order valence-corrected chi connectivity index (χ1v) is 8.36. The molecule has 0 aliphatic rings. The van der Waals surface area contributed by atoms with Crippen molar-refractivity contribution in [2.75, 3.05) is 7.11 Å². The first-order chi connectivity index (χ1) is 11.7. The fourth-order valence-electron chi connectivity index (χ4n) is 2.51. The lowest BCUT2D eigenvalue weighted by Gasteiger charge is -2.20. The topological polar surface area (TPSA) is 35.5 Å². The summed E-state index contributed by atoms with van der Waals surface area (Å²) >= 11 is 0. The van der Waals surface area contributed by atoms with Gasteiger partial charge in [0.1, 0.15) is 11.5 Å². The molecule has 2 aromatic carbocycles. The zero-order chi connectivity index (χ0) is 18.6. The summed E-state index contributed by atoms with van der Waals surface area (Å²) in [5.74, 6) is 0.898. The van der Waals surface area contributed by atoms with Crippen LogP contribution < -0.4 is 9.47 Å². The van der Waals surface area contributed by atoms with Crippen molar-refractivity contribution in [3.63, 3.8) is 0 Å². The van der Waals surface area contributed by atoms with E-state index in [1.54, 1.807) is 13.2 Å². The highest BCUT2D eigenvalue weighted by molar-refractivity contribution is 5.89. The van der Waals surface area contributed by atoms with E-state index in [1.807, 2.05) is 44.2 Å². The SMILES string of the molecule is COc1ccc(C)cc1/C=C/C(=O)Oc1ccc(C(C)(C)C)cc1C. The third-order valence-corrected chi connectivity index (χ3v) is 4.04. The van der Waals surface area contributed by atoms with Gasteiger partial charge in [0.25, 0.3) is 0 Å². The molecule has 0 radical (unpaired) electrons. The Kier molecular flexibility index (Phi) is 5.68. The molecule has 25 heavy (non-hydrogen) atoms. The number of hydrogen-bond acceptors (Lipinski definition) is 3. The molecule has 0 unspecified atom stereocenters. The van der Waals surface area contributed by atoms with Crippen molar-refractivity contribution >= 4 is 12.0 Å². The van der Waals surface area contributed by atoms with Crippen molar-refractivity contribution < 1.29 is 14.3 Å². The van der Waals surface area contributed by atoms with Gasteiger partial charge in [-0.05, 0) is 54.7 Å². The van der Waals surface area contributed by atoms with Crippen LogP contribution in [0.5, 0.6) is 11.5 Å². The van der Waals surface area contributed by atoms with E-state index >= 15 is 0 Å². The summed E-state index contributed by atoms with van der Waals surface area (Å²) < 4.78 is 10.8. The molecule has 0 spiro atoms. The molecule has 0 aliphatic heterocycles. The fraction of sp³-hybridized carbons (Fsp3) is 0.318. The minimum Gasteiger partial charge on any atom is -0.496 e. The standard InChI is InChI=1S/C22H26O3/c1-15-7-10-20(24-6)17(13-15)8-12-21(23)25-19-11-9-18(14-16(19)2)22(3,4)5/h7-14H,1-6H3/b12-8+. The number of carbonyl (C=O) groups is 1. The predicted octanol–water partition coefficient (Wildman–Crippen LogP) is 5.23. The molecule has 0 saturated heterocycles. The Bertz CT molecular complexity index is 795. The smallest absolute Gasteiger partial charge is 0.336 e. The van der Waals surface area contributed by atoms with Gasteiger partial charge in [0, 0.05) is 11.6 Å². The van der Waals surface area contributed by atoms with Crippen LogP contribution in [0.4, 0.5) is 0 Å². The molecule has 3 nitrogen and oxygen atoms in total. The highest BCUT2D eigenvalue weighted by Gasteiger charge is 2.15. The maximum atomic E-state index is 12.2. The first kappa shape index (κ1) is 18.8. The Hall–Kier alpha value is -2.55. The van der Waals surface area contributed by atoms with Gasteiger partial charge in [-0.25, -0.2) is 4.79 Å². The van der Waals surface area contributed by atoms with E-state index in [0.29, 0.717) is 5.75 Å². The summed E-state index contributed by atoms with van der Waals surface area (Å²) in [6.45, 7) is 10.4. The number of carbonyl (C=O) groups excluding carboxylic acids is 1. The maximum Gasteiger partial charge on any atom is 0.336 e. The van der Waals surface area contributed by atoms with Crippen molar-refractivity contribution in [1.82, 2.24) is 0 Å². The summed E-state index contributed by atoms with van der Waals surface area (Å²) in [6.07, 6.45) is 3.14. The summed E-state index contributed by atoms with van der Waals surface area (Å²) in [5.41, 5.74) is 4.17. The van der Waals surface area contributed by atoms with Crippen molar-refractivity contribution in [2.45, 2.75) is 40.0 Å². The Morgan fingerprint density at radius 3 is 2.28 bits per heavy atom. The van der Waals surface area contributed by atoms with Crippen LogP contribution in [0.25, 0.3) is 6.08 Å². The van der Waals surface area contributed by atoms with Gasteiger partial charge in [-0.3, -0.25) is 0 Å². The molecule has 0 amide bonds. The average Bonchev–Trinajstić information content (AvgIpc) is 2.54. The Labute approximate surface area is 150 Å². The van der Waals surface area contributed by atoms with Crippen molar-refractivity contribution in [2.24, 2.45) is 0 Å². The van der Waals surface area contributed by atoms with Gasteiger partial charge in [0.05, 0.1) is 7.11 Å². The van der Waals surface area contributed by atoms with Crippen LogP contribution in [0.15, 0.2) is 42.5 Å². The van der Waals surface area contributed by atoms with Gasteiger partial charge < -0.3 is 9.47 Å². The maximum absolute atomic E-state index is 12.2. The van der Waals surface area contributed by atoms with Crippen LogP contribution in [-0.4, -0.2) is 13.1 Å². The van der Waals surface area contributed by atoms with E-state index in [1.165, 1.54) is 11.6 Å². The predicted molar refractivity (Wildman–Crippen MR) is 102 cm³/mol. The number of methoxy groups -OCH3 is 1. The van der Waals surface area contributed by atoms with Crippen molar-refractivity contribution in [1.29, 1.82) is 0 Å². The second-order valence-corrected chi connectivity index (χ2v) is 7.23. The van der Waals surface area contributed by atoms with E-state index in [-0.39, 0.29) is 5.41 Å². The molecule has 2 aromatic rings. The van der Waals surface area contributed by atoms with E-state index in [2.05, 4.69) is 26.8 Å². The monoisotopic (exact) mass is 338 g/mol. The molecule has 0 atom stereocenters. The Balaban J connectivity index is 2.14. The van der Waals surface area contributed by atoms with Gasteiger partial charge in [0.2, 0.25) is 0 Å². The molecular weight excluding hydrogens is 312 g/mol. The van der Waals surface area contributed by atoms with Crippen molar-refractivity contribution in [3.8, 4) is 11.5 Å². The van der Waals surface area contributed by atoms with Gasteiger partial charge in [-0.2, -0.15) is 0 Å². The molecule has 0 aromatic heterocycles. The summed E-state index contributed by atoms with van der Waals surface area (Å²) in [7, 11) is 1.61. The minimum absolute atomic E-state index is 0.0644. The van der Waals surface area contributed by atoms with Crippen LogP contribution in [0.1, 0.15) is 43.0 Å². The molecule has 0 fully saturated rings. The molecule has 0 bridgehead atoms. The summed E-state index contributed by atoms with van der Waals surface area (Å²) in [4.78, 5) is 12.2. The second-order valence-electron chi connectivity index (χ2n) is 7.23. The van der Waals surface area contributed by atoms with Gasteiger partial charge in [-0.1, -0.05) is 44.5 Å². The first-order valence-electron chi connectivity index (χ1n) is 8.36. The fourth-order valence-corrected chi connectivity index (χ4v) is 2.51. The third-order valence-electron chi connectivity index (χ3n) is 4.04. The molecular formula is C22H26O3. The number of esters is 1. The molecule has 2 rings (SSSR count). The zero-order valence-corrected chi connectivity index (χ0v) is 15.8. The lowest BCUT2D eigenvalue weighted by Crippen LogP contribution is -2.12. The number of rotatable bonds is 4. The molecule has 3 heteroatoms. The van der Waals surface area contributed by atoms with Crippen LogP contribution in [-0.2, 0) is 10.2 Å². The Morgan fingerprint density at radius 2 is 1.68 bits per heavy atom. The zero-order valence-electron chi connectivity index (χ0n) is 15.8. The van der Waals surface area contributed by atoms with Crippen LogP contribution in [0, 0.1) is 13.8 Å².